The van der Waals surface area contributed by atoms with Crippen LogP contribution >= 0.6 is 0 Å². The SMILES string of the molecule is COc1cncc(C(C)=O)c1. The minimum absolute atomic E-state index is 0.00333. The quantitative estimate of drug-likeness (QED) is 0.598. The van der Waals surface area contributed by atoms with Crippen LogP contribution < -0.4 is 4.74 Å². The Kier molecular flexibility index (Phi) is 2.21. The minimum atomic E-state index is -0.00333. The first kappa shape index (κ1) is 7.72. The molecule has 0 aliphatic heterocycles. The van der Waals surface area contributed by atoms with Crippen LogP contribution in [0.1, 0.15) is 17.3 Å². The third-order valence-corrected chi connectivity index (χ3v) is 1.36. The summed E-state index contributed by atoms with van der Waals surface area (Å²) in [5.41, 5.74) is 0.573. The molecule has 0 aliphatic rings. The summed E-state index contributed by atoms with van der Waals surface area (Å²) in [6, 6.07) is 1.66. The summed E-state index contributed by atoms with van der Waals surface area (Å²) in [6.07, 6.45) is 3.08. The van der Waals surface area contributed by atoms with Gasteiger partial charge in [-0.1, -0.05) is 0 Å². The molecule has 1 aromatic heterocycles. The van der Waals surface area contributed by atoms with E-state index in [9.17, 15) is 4.79 Å². The lowest BCUT2D eigenvalue weighted by Gasteiger charge is -1.98. The van der Waals surface area contributed by atoms with E-state index < -0.39 is 0 Å². The average Bonchev–Trinajstić information content (AvgIpc) is 2.05. The second-order valence-corrected chi connectivity index (χ2v) is 2.17. The molecule has 0 bridgehead atoms. The summed E-state index contributed by atoms with van der Waals surface area (Å²) in [5, 5.41) is 0. The molecule has 1 aromatic rings. The van der Waals surface area contributed by atoms with Gasteiger partial charge in [0.1, 0.15) is 5.75 Å². The topological polar surface area (TPSA) is 39.2 Å². The van der Waals surface area contributed by atoms with Gasteiger partial charge < -0.3 is 4.74 Å². The van der Waals surface area contributed by atoms with E-state index in [0.717, 1.165) is 0 Å². The van der Waals surface area contributed by atoms with Gasteiger partial charge in [-0.15, -0.1) is 0 Å². The van der Waals surface area contributed by atoms with Gasteiger partial charge >= 0.3 is 0 Å². The maximum absolute atomic E-state index is 10.8. The minimum Gasteiger partial charge on any atom is -0.495 e. The number of nitrogens with zero attached hydrogens (tertiary/aromatic N) is 1. The Morgan fingerprint density at radius 2 is 2.27 bits per heavy atom. The van der Waals surface area contributed by atoms with Crippen LogP contribution in [0.25, 0.3) is 0 Å². The molecule has 11 heavy (non-hydrogen) atoms. The highest BCUT2D eigenvalue weighted by atomic mass is 16.5. The highest BCUT2D eigenvalue weighted by Crippen LogP contribution is 2.09. The van der Waals surface area contributed by atoms with Gasteiger partial charge in [0.2, 0.25) is 0 Å². The summed E-state index contributed by atoms with van der Waals surface area (Å²) >= 11 is 0. The molecule has 0 radical (unpaired) electrons. The lowest BCUT2D eigenvalue weighted by Crippen LogP contribution is -1.94. The van der Waals surface area contributed by atoms with E-state index in [1.165, 1.54) is 13.1 Å². The predicted molar refractivity (Wildman–Crippen MR) is 40.8 cm³/mol. The maximum atomic E-state index is 10.8. The Morgan fingerprint density at radius 1 is 1.55 bits per heavy atom. The zero-order chi connectivity index (χ0) is 8.27. The monoisotopic (exact) mass is 151 g/mol. The molecule has 0 unspecified atom stereocenters. The van der Waals surface area contributed by atoms with Gasteiger partial charge in [-0.05, 0) is 13.0 Å². The number of rotatable bonds is 2. The molecule has 0 amide bonds. The Bertz CT molecular complexity index is 271. The van der Waals surface area contributed by atoms with Crippen molar-refractivity contribution in [2.45, 2.75) is 6.92 Å². The van der Waals surface area contributed by atoms with E-state index >= 15 is 0 Å². The van der Waals surface area contributed by atoms with Gasteiger partial charge in [0.05, 0.1) is 13.3 Å². The largest absolute Gasteiger partial charge is 0.495 e. The van der Waals surface area contributed by atoms with Crippen molar-refractivity contribution < 1.29 is 9.53 Å². The second kappa shape index (κ2) is 3.14. The maximum Gasteiger partial charge on any atom is 0.161 e. The third-order valence-electron chi connectivity index (χ3n) is 1.36. The Hall–Kier alpha value is -1.38. The van der Waals surface area contributed by atoms with Crippen molar-refractivity contribution in [1.82, 2.24) is 4.98 Å². The molecular formula is C8H9NO2. The summed E-state index contributed by atoms with van der Waals surface area (Å²) in [7, 11) is 1.54. The zero-order valence-corrected chi connectivity index (χ0v) is 6.50. The van der Waals surface area contributed by atoms with E-state index in [1.807, 2.05) is 0 Å². The number of hydrogen-bond donors (Lipinski definition) is 0. The molecule has 0 saturated heterocycles. The molecule has 3 nitrogen and oxygen atoms in total. The van der Waals surface area contributed by atoms with Crippen molar-refractivity contribution in [2.75, 3.05) is 7.11 Å². The molecule has 1 rings (SSSR count). The van der Waals surface area contributed by atoms with Gasteiger partial charge in [0.25, 0.3) is 0 Å². The fourth-order valence-electron chi connectivity index (χ4n) is 0.723. The van der Waals surface area contributed by atoms with Crippen LogP contribution in [0, 0.1) is 0 Å². The van der Waals surface area contributed by atoms with Crippen molar-refractivity contribution in [1.29, 1.82) is 0 Å². The fourth-order valence-corrected chi connectivity index (χ4v) is 0.723. The molecule has 0 aromatic carbocycles. The number of Topliss-reactive ketones (excluding diaryl/α,β-unsaturated/α-hetero) is 1. The molecule has 0 saturated carbocycles. The summed E-state index contributed by atoms with van der Waals surface area (Å²) in [6.45, 7) is 1.50. The first-order valence-corrected chi connectivity index (χ1v) is 3.24. The van der Waals surface area contributed by atoms with Crippen LogP contribution in [0.15, 0.2) is 18.5 Å². The van der Waals surface area contributed by atoms with Gasteiger partial charge in [-0.3, -0.25) is 9.78 Å². The van der Waals surface area contributed by atoms with E-state index in [2.05, 4.69) is 4.98 Å². The third kappa shape index (κ3) is 1.77. The molecular weight excluding hydrogens is 142 g/mol. The van der Waals surface area contributed by atoms with E-state index in [-0.39, 0.29) is 5.78 Å². The van der Waals surface area contributed by atoms with Gasteiger partial charge in [0, 0.05) is 11.8 Å². The van der Waals surface area contributed by atoms with Gasteiger partial charge in [-0.25, -0.2) is 0 Å². The van der Waals surface area contributed by atoms with Crippen LogP contribution in [0.3, 0.4) is 0 Å². The van der Waals surface area contributed by atoms with Crippen LogP contribution in [-0.4, -0.2) is 17.9 Å². The highest BCUT2D eigenvalue weighted by molar-refractivity contribution is 5.94. The molecule has 0 fully saturated rings. The highest BCUT2D eigenvalue weighted by Gasteiger charge is 1.99. The Balaban J connectivity index is 3.01. The number of aromatic nitrogens is 1. The van der Waals surface area contributed by atoms with Crippen LogP contribution in [0.2, 0.25) is 0 Å². The second-order valence-electron chi connectivity index (χ2n) is 2.17. The summed E-state index contributed by atoms with van der Waals surface area (Å²) < 4.78 is 4.89. The van der Waals surface area contributed by atoms with Crippen molar-refractivity contribution in [2.24, 2.45) is 0 Å². The van der Waals surface area contributed by atoms with E-state index in [1.54, 1.807) is 19.4 Å². The van der Waals surface area contributed by atoms with Crippen molar-refractivity contribution in [3.8, 4) is 5.75 Å². The first-order valence-electron chi connectivity index (χ1n) is 3.24. The lowest BCUT2D eigenvalue weighted by molar-refractivity contribution is 0.101. The molecule has 0 spiro atoms. The van der Waals surface area contributed by atoms with Crippen molar-refractivity contribution in [3.63, 3.8) is 0 Å². The molecule has 3 heteroatoms. The number of pyridine rings is 1. The molecule has 0 aliphatic carbocycles. The number of methoxy groups -OCH3 is 1. The summed E-state index contributed by atoms with van der Waals surface area (Å²) in [4.78, 5) is 14.6. The molecule has 0 N–H and O–H groups in total. The molecule has 0 atom stereocenters. The fraction of sp³-hybridized carbons (Fsp3) is 0.250. The number of carbonyl (C=O) groups is 1. The van der Waals surface area contributed by atoms with Crippen LogP contribution in [0.4, 0.5) is 0 Å². The molecule has 1 heterocycles. The van der Waals surface area contributed by atoms with Crippen molar-refractivity contribution >= 4 is 5.78 Å². The van der Waals surface area contributed by atoms with Gasteiger partial charge in [0.15, 0.2) is 5.78 Å². The number of carbonyl (C=O) groups excluding carboxylic acids is 1. The van der Waals surface area contributed by atoms with E-state index in [0.29, 0.717) is 11.3 Å². The van der Waals surface area contributed by atoms with Crippen LogP contribution in [0.5, 0.6) is 5.75 Å². The lowest BCUT2D eigenvalue weighted by atomic mass is 10.2. The average molecular weight is 151 g/mol. The van der Waals surface area contributed by atoms with Crippen LogP contribution in [-0.2, 0) is 0 Å². The molecule has 58 valence electrons. The Labute approximate surface area is 65.0 Å². The standard InChI is InChI=1S/C8H9NO2/c1-6(10)7-3-8(11-2)5-9-4-7/h3-5H,1-2H3. The number of ketones is 1. The summed E-state index contributed by atoms with van der Waals surface area (Å²) in [5.74, 6) is 0.606. The normalized spacial score (nSPS) is 9.27. The zero-order valence-electron chi connectivity index (χ0n) is 6.50. The number of ether oxygens (including phenoxy) is 1. The smallest absolute Gasteiger partial charge is 0.161 e. The predicted octanol–water partition coefficient (Wildman–Crippen LogP) is 1.29. The van der Waals surface area contributed by atoms with Crippen molar-refractivity contribution in [3.05, 3.63) is 24.0 Å². The Morgan fingerprint density at radius 3 is 2.82 bits per heavy atom. The first-order chi connectivity index (χ1) is 5.24. The van der Waals surface area contributed by atoms with E-state index in [4.69, 9.17) is 4.74 Å². The van der Waals surface area contributed by atoms with Gasteiger partial charge in [-0.2, -0.15) is 0 Å². The number of hydrogen-bond acceptors (Lipinski definition) is 3.